The SMILES string of the molecule is O=c1[nH]nc(-n2cnnc2)[nH]1. The average molecular weight is 152 g/mol. The average Bonchev–Trinajstić information content (AvgIpc) is 2.55. The van der Waals surface area contributed by atoms with E-state index in [0.717, 1.165) is 0 Å². The molecule has 2 aromatic heterocycles. The van der Waals surface area contributed by atoms with Gasteiger partial charge < -0.3 is 0 Å². The summed E-state index contributed by atoms with van der Waals surface area (Å²) in [6.45, 7) is 0. The van der Waals surface area contributed by atoms with Crippen LogP contribution in [-0.2, 0) is 0 Å². The maximum Gasteiger partial charge on any atom is 0.342 e. The normalized spacial score (nSPS) is 10.2. The summed E-state index contributed by atoms with van der Waals surface area (Å²) in [6, 6.07) is 0. The van der Waals surface area contributed by atoms with E-state index in [4.69, 9.17) is 0 Å². The number of rotatable bonds is 1. The molecule has 7 nitrogen and oxygen atoms in total. The quantitative estimate of drug-likeness (QED) is 0.530. The van der Waals surface area contributed by atoms with Gasteiger partial charge in [0.1, 0.15) is 12.7 Å². The van der Waals surface area contributed by atoms with Gasteiger partial charge >= 0.3 is 5.69 Å². The van der Waals surface area contributed by atoms with Crippen molar-refractivity contribution in [2.24, 2.45) is 0 Å². The summed E-state index contributed by atoms with van der Waals surface area (Å²) in [6.07, 6.45) is 2.87. The lowest BCUT2D eigenvalue weighted by Gasteiger charge is -1.88. The fraction of sp³-hybridized carbons (Fsp3) is 0. The minimum Gasteiger partial charge on any atom is -0.275 e. The second-order valence-corrected chi connectivity index (χ2v) is 1.87. The van der Waals surface area contributed by atoms with Crippen molar-refractivity contribution < 1.29 is 0 Å². The zero-order valence-corrected chi connectivity index (χ0v) is 5.35. The Morgan fingerprint density at radius 2 is 2.09 bits per heavy atom. The van der Waals surface area contributed by atoms with E-state index in [1.807, 2.05) is 0 Å². The van der Waals surface area contributed by atoms with Crippen LogP contribution in [0, 0.1) is 0 Å². The van der Waals surface area contributed by atoms with Crippen LogP contribution < -0.4 is 5.69 Å². The first-order valence-corrected chi connectivity index (χ1v) is 2.86. The highest BCUT2D eigenvalue weighted by atomic mass is 16.1. The van der Waals surface area contributed by atoms with Crippen LogP contribution in [0.3, 0.4) is 0 Å². The second kappa shape index (κ2) is 2.04. The fourth-order valence-electron chi connectivity index (χ4n) is 0.694. The molecule has 11 heavy (non-hydrogen) atoms. The highest BCUT2D eigenvalue weighted by Crippen LogP contribution is 1.90. The summed E-state index contributed by atoms with van der Waals surface area (Å²) in [5.74, 6) is 0.375. The Balaban J connectivity index is 2.53. The minimum absolute atomic E-state index is 0.353. The lowest BCUT2D eigenvalue weighted by Crippen LogP contribution is -2.01. The molecule has 0 saturated heterocycles. The molecule has 0 saturated carbocycles. The van der Waals surface area contributed by atoms with E-state index in [9.17, 15) is 4.79 Å². The molecule has 0 aromatic carbocycles. The van der Waals surface area contributed by atoms with Crippen LogP contribution in [0.4, 0.5) is 0 Å². The third-order valence-corrected chi connectivity index (χ3v) is 1.15. The van der Waals surface area contributed by atoms with E-state index < -0.39 is 0 Å². The van der Waals surface area contributed by atoms with Gasteiger partial charge in [-0.15, -0.1) is 15.3 Å². The van der Waals surface area contributed by atoms with Gasteiger partial charge in [-0.05, 0) is 0 Å². The Morgan fingerprint density at radius 3 is 2.64 bits per heavy atom. The largest absolute Gasteiger partial charge is 0.342 e. The summed E-state index contributed by atoms with van der Waals surface area (Å²) < 4.78 is 1.48. The van der Waals surface area contributed by atoms with Gasteiger partial charge in [-0.3, -0.25) is 9.55 Å². The van der Waals surface area contributed by atoms with Gasteiger partial charge in [0.15, 0.2) is 0 Å². The molecule has 7 heteroatoms. The highest BCUT2D eigenvalue weighted by Gasteiger charge is 1.98. The van der Waals surface area contributed by atoms with E-state index in [2.05, 4.69) is 25.4 Å². The van der Waals surface area contributed by atoms with Crippen LogP contribution in [0.15, 0.2) is 17.4 Å². The summed E-state index contributed by atoms with van der Waals surface area (Å²) in [4.78, 5) is 13.0. The maximum absolute atomic E-state index is 10.6. The summed E-state index contributed by atoms with van der Waals surface area (Å²) in [5, 5.41) is 13.0. The van der Waals surface area contributed by atoms with Crippen molar-refractivity contribution in [2.75, 3.05) is 0 Å². The van der Waals surface area contributed by atoms with Gasteiger partial charge in [-0.2, -0.15) is 0 Å². The zero-order valence-electron chi connectivity index (χ0n) is 5.35. The van der Waals surface area contributed by atoms with E-state index in [1.165, 1.54) is 17.2 Å². The van der Waals surface area contributed by atoms with Crippen molar-refractivity contribution in [3.05, 3.63) is 23.1 Å². The molecule has 56 valence electrons. The van der Waals surface area contributed by atoms with Crippen molar-refractivity contribution in [3.63, 3.8) is 0 Å². The van der Waals surface area contributed by atoms with Crippen LogP contribution in [0.2, 0.25) is 0 Å². The monoisotopic (exact) mass is 152 g/mol. The molecule has 0 unspecified atom stereocenters. The molecule has 0 bridgehead atoms. The summed E-state index contributed by atoms with van der Waals surface area (Å²) in [7, 11) is 0. The van der Waals surface area contributed by atoms with Crippen molar-refractivity contribution in [1.29, 1.82) is 0 Å². The number of aromatic amines is 2. The molecule has 0 fully saturated rings. The first kappa shape index (κ1) is 5.83. The number of hydrogen-bond donors (Lipinski definition) is 2. The molecule has 0 radical (unpaired) electrons. The van der Waals surface area contributed by atoms with E-state index in [0.29, 0.717) is 5.95 Å². The third-order valence-electron chi connectivity index (χ3n) is 1.15. The first-order valence-electron chi connectivity index (χ1n) is 2.86. The smallest absolute Gasteiger partial charge is 0.275 e. The lowest BCUT2D eigenvalue weighted by atomic mass is 10.9. The minimum atomic E-state index is -0.353. The number of nitrogens with zero attached hydrogens (tertiary/aromatic N) is 4. The van der Waals surface area contributed by atoms with Crippen molar-refractivity contribution in [2.45, 2.75) is 0 Å². The third kappa shape index (κ3) is 0.914. The van der Waals surface area contributed by atoms with Crippen molar-refractivity contribution >= 4 is 0 Å². The first-order chi connectivity index (χ1) is 5.36. The predicted octanol–water partition coefficient (Wildman–Crippen LogP) is -1.32. The van der Waals surface area contributed by atoms with Crippen molar-refractivity contribution in [1.82, 2.24) is 29.9 Å². The van der Waals surface area contributed by atoms with Gasteiger partial charge in [0.05, 0.1) is 0 Å². The van der Waals surface area contributed by atoms with Crippen molar-refractivity contribution in [3.8, 4) is 5.95 Å². The zero-order chi connectivity index (χ0) is 7.68. The van der Waals surface area contributed by atoms with Gasteiger partial charge in [-0.25, -0.2) is 9.89 Å². The summed E-state index contributed by atoms with van der Waals surface area (Å²) >= 11 is 0. The van der Waals surface area contributed by atoms with Gasteiger partial charge in [-0.1, -0.05) is 0 Å². The predicted molar refractivity (Wildman–Crippen MR) is 34.1 cm³/mol. The second-order valence-electron chi connectivity index (χ2n) is 1.87. The molecule has 2 N–H and O–H groups in total. The van der Waals surface area contributed by atoms with Crippen LogP contribution >= 0.6 is 0 Å². The molecular weight excluding hydrogens is 148 g/mol. The van der Waals surface area contributed by atoms with Gasteiger partial charge in [0, 0.05) is 0 Å². The molecule has 2 rings (SSSR count). The molecular formula is C4H4N6O. The number of hydrogen-bond acceptors (Lipinski definition) is 4. The Hall–Kier alpha value is -1.92. The summed E-state index contributed by atoms with van der Waals surface area (Å²) in [5.41, 5.74) is -0.353. The standard InChI is InChI=1S/C4H4N6O/c11-4-7-3(8-9-4)10-1-5-6-2-10/h1-2H,(H2,7,8,9,11). The van der Waals surface area contributed by atoms with Gasteiger partial charge in [0.2, 0.25) is 5.95 Å². The molecule has 0 amide bonds. The Bertz CT molecular complexity index is 383. The Kier molecular flexibility index (Phi) is 1.08. The molecule has 0 atom stereocenters. The van der Waals surface area contributed by atoms with Gasteiger partial charge in [0.25, 0.3) is 0 Å². The van der Waals surface area contributed by atoms with Crippen LogP contribution in [0.1, 0.15) is 0 Å². The lowest BCUT2D eigenvalue weighted by molar-refractivity contribution is 0.929. The molecule has 0 spiro atoms. The number of aromatic nitrogens is 6. The maximum atomic E-state index is 10.6. The Morgan fingerprint density at radius 1 is 1.36 bits per heavy atom. The fourth-order valence-corrected chi connectivity index (χ4v) is 0.694. The van der Waals surface area contributed by atoms with Crippen LogP contribution in [0.25, 0.3) is 5.95 Å². The van der Waals surface area contributed by atoms with E-state index in [1.54, 1.807) is 0 Å². The van der Waals surface area contributed by atoms with Crippen LogP contribution in [-0.4, -0.2) is 29.9 Å². The van der Waals surface area contributed by atoms with E-state index >= 15 is 0 Å². The highest BCUT2D eigenvalue weighted by molar-refractivity contribution is 5.03. The number of H-pyrrole nitrogens is 2. The molecule has 0 aliphatic carbocycles. The topological polar surface area (TPSA) is 92.2 Å². The molecule has 2 aromatic rings. The van der Waals surface area contributed by atoms with E-state index in [-0.39, 0.29) is 5.69 Å². The Labute approximate surface area is 60.1 Å². The van der Waals surface area contributed by atoms with Crippen LogP contribution in [0.5, 0.6) is 0 Å². The molecule has 0 aliphatic heterocycles. The molecule has 2 heterocycles. The number of nitrogens with one attached hydrogen (secondary N) is 2. The molecule has 0 aliphatic rings.